The number of rotatable bonds is 5. The van der Waals surface area contributed by atoms with E-state index in [1.807, 2.05) is 48.7 Å². The quantitative estimate of drug-likeness (QED) is 0.710. The van der Waals surface area contributed by atoms with Gasteiger partial charge < -0.3 is 14.6 Å². The van der Waals surface area contributed by atoms with E-state index < -0.39 is 9.84 Å². The number of methoxy groups -OCH3 is 1. The number of hydrogen-bond donors (Lipinski definition) is 1. The molecular weight excluding hydrogens is 376 g/mol. The van der Waals surface area contributed by atoms with Gasteiger partial charge in [0.2, 0.25) is 0 Å². The number of nitrogens with zero attached hydrogens (tertiary/aromatic N) is 1. The molecule has 1 amide bonds. The number of carbonyl (C=O) groups excluding carboxylic acids is 1. The molecule has 1 N–H and O–H groups in total. The van der Waals surface area contributed by atoms with Gasteiger partial charge >= 0.3 is 0 Å². The summed E-state index contributed by atoms with van der Waals surface area (Å²) >= 11 is 0. The minimum atomic E-state index is -3.34. The van der Waals surface area contributed by atoms with Crippen LogP contribution in [0.15, 0.2) is 59.5 Å². The number of carbonyl (C=O) groups is 1. The van der Waals surface area contributed by atoms with Crippen LogP contribution in [0.4, 0.5) is 5.69 Å². The lowest BCUT2D eigenvalue weighted by Crippen LogP contribution is -2.13. The molecule has 6 nitrogen and oxygen atoms in total. The molecule has 0 aliphatic heterocycles. The van der Waals surface area contributed by atoms with Crippen LogP contribution in [0.3, 0.4) is 0 Å². The summed E-state index contributed by atoms with van der Waals surface area (Å²) in [7, 11) is -1.73. The van der Waals surface area contributed by atoms with Crippen molar-refractivity contribution < 1.29 is 17.9 Å². The van der Waals surface area contributed by atoms with E-state index in [-0.39, 0.29) is 10.8 Å². The zero-order valence-electron chi connectivity index (χ0n) is 16.2. The van der Waals surface area contributed by atoms with Gasteiger partial charge in [0.25, 0.3) is 5.91 Å². The van der Waals surface area contributed by atoms with E-state index in [1.165, 1.54) is 12.1 Å². The van der Waals surface area contributed by atoms with Gasteiger partial charge in [-0.25, -0.2) is 8.42 Å². The minimum Gasteiger partial charge on any atom is -0.497 e. The molecule has 0 fully saturated rings. The molecule has 0 saturated heterocycles. The zero-order chi connectivity index (χ0) is 20.5. The van der Waals surface area contributed by atoms with Crippen molar-refractivity contribution >= 4 is 21.4 Å². The van der Waals surface area contributed by atoms with E-state index in [2.05, 4.69) is 5.32 Å². The molecule has 0 bridgehead atoms. The van der Waals surface area contributed by atoms with Gasteiger partial charge in [0.15, 0.2) is 9.84 Å². The fraction of sp³-hybridized carbons (Fsp3) is 0.190. The number of ether oxygens (including phenoxy) is 1. The Labute approximate surface area is 164 Å². The number of aromatic nitrogens is 1. The van der Waals surface area contributed by atoms with Crippen LogP contribution < -0.4 is 10.1 Å². The van der Waals surface area contributed by atoms with Crippen molar-refractivity contribution in [2.75, 3.05) is 18.7 Å². The normalized spacial score (nSPS) is 11.3. The molecule has 146 valence electrons. The first-order chi connectivity index (χ1) is 13.2. The van der Waals surface area contributed by atoms with Gasteiger partial charge in [-0.1, -0.05) is 6.07 Å². The van der Waals surface area contributed by atoms with E-state index in [4.69, 9.17) is 4.74 Å². The van der Waals surface area contributed by atoms with E-state index in [0.29, 0.717) is 11.3 Å². The van der Waals surface area contributed by atoms with Crippen molar-refractivity contribution in [2.45, 2.75) is 18.7 Å². The highest BCUT2D eigenvalue weighted by Crippen LogP contribution is 2.24. The molecule has 0 atom stereocenters. The second-order valence-electron chi connectivity index (χ2n) is 6.57. The first kappa shape index (κ1) is 19.7. The number of aryl methyl sites for hydroxylation is 1. The number of sulfone groups is 1. The minimum absolute atomic E-state index is 0.161. The van der Waals surface area contributed by atoms with Crippen LogP contribution in [0, 0.1) is 13.8 Å². The molecule has 0 unspecified atom stereocenters. The summed E-state index contributed by atoms with van der Waals surface area (Å²) in [5.74, 6) is 0.466. The topological polar surface area (TPSA) is 77.4 Å². The van der Waals surface area contributed by atoms with Crippen molar-refractivity contribution in [3.63, 3.8) is 0 Å². The molecule has 0 aliphatic carbocycles. The maximum absolute atomic E-state index is 12.8. The third-order valence-electron chi connectivity index (χ3n) is 4.53. The molecule has 0 radical (unpaired) electrons. The fourth-order valence-electron chi connectivity index (χ4n) is 3.12. The lowest BCUT2D eigenvalue weighted by molar-refractivity contribution is 0.102. The summed E-state index contributed by atoms with van der Waals surface area (Å²) < 4.78 is 30.6. The average molecular weight is 398 g/mol. The van der Waals surface area contributed by atoms with Gasteiger partial charge in [0.05, 0.1) is 17.6 Å². The third-order valence-corrected chi connectivity index (χ3v) is 5.64. The molecule has 28 heavy (non-hydrogen) atoms. The number of hydrogen-bond acceptors (Lipinski definition) is 4. The molecular formula is C21H22N2O4S. The molecule has 3 aromatic rings. The molecule has 3 rings (SSSR count). The number of amides is 1. The van der Waals surface area contributed by atoms with Crippen LogP contribution in [-0.2, 0) is 9.84 Å². The largest absolute Gasteiger partial charge is 0.497 e. The Morgan fingerprint density at radius 2 is 1.71 bits per heavy atom. The van der Waals surface area contributed by atoms with Gasteiger partial charge in [-0.2, -0.15) is 0 Å². The predicted molar refractivity (Wildman–Crippen MR) is 109 cm³/mol. The molecule has 0 saturated carbocycles. The second-order valence-corrected chi connectivity index (χ2v) is 8.59. The van der Waals surface area contributed by atoms with Crippen molar-refractivity contribution in [3.8, 4) is 11.4 Å². The smallest absolute Gasteiger partial charge is 0.257 e. The first-order valence-electron chi connectivity index (χ1n) is 8.65. The maximum atomic E-state index is 12.8. The fourth-order valence-corrected chi connectivity index (χ4v) is 3.79. The van der Waals surface area contributed by atoms with Crippen molar-refractivity contribution in [1.82, 2.24) is 4.57 Å². The highest BCUT2D eigenvalue weighted by atomic mass is 32.2. The number of benzene rings is 2. The van der Waals surface area contributed by atoms with Gasteiger partial charge in [-0.15, -0.1) is 0 Å². The summed E-state index contributed by atoms with van der Waals surface area (Å²) in [6, 6.07) is 15.6. The van der Waals surface area contributed by atoms with Gasteiger partial charge in [0.1, 0.15) is 5.75 Å². The Hall–Kier alpha value is -3.06. The van der Waals surface area contributed by atoms with Crippen LogP contribution >= 0.6 is 0 Å². The number of anilines is 1. The summed E-state index contributed by atoms with van der Waals surface area (Å²) in [5, 5.41) is 2.79. The van der Waals surface area contributed by atoms with Crippen molar-refractivity contribution in [2.24, 2.45) is 0 Å². The summed E-state index contributed by atoms with van der Waals surface area (Å²) in [5.41, 5.74) is 3.59. The maximum Gasteiger partial charge on any atom is 0.257 e. The molecule has 1 aromatic heterocycles. The Balaban J connectivity index is 1.91. The van der Waals surface area contributed by atoms with Gasteiger partial charge in [-0.05, 0) is 62.4 Å². The Bertz CT molecular complexity index is 1130. The average Bonchev–Trinajstić information content (AvgIpc) is 2.96. The lowest BCUT2D eigenvalue weighted by atomic mass is 10.2. The Kier molecular flexibility index (Phi) is 5.29. The highest BCUT2D eigenvalue weighted by Gasteiger charge is 2.17. The molecule has 7 heteroatoms. The Morgan fingerprint density at radius 1 is 1.04 bits per heavy atom. The predicted octanol–water partition coefficient (Wildman–Crippen LogP) is 3.76. The van der Waals surface area contributed by atoms with Crippen LogP contribution in [0.2, 0.25) is 0 Å². The van der Waals surface area contributed by atoms with E-state index in [0.717, 1.165) is 29.1 Å². The van der Waals surface area contributed by atoms with E-state index >= 15 is 0 Å². The first-order valence-corrected chi connectivity index (χ1v) is 10.5. The standard InChI is InChI=1S/C21H22N2O4S/c1-14-12-20(15(2)23(14)17-8-10-18(27-3)11-9-17)21(24)22-16-6-5-7-19(13-16)28(4,25)26/h5-13H,1-4H3,(H,22,24). The molecule has 0 spiro atoms. The zero-order valence-corrected chi connectivity index (χ0v) is 17.0. The summed E-state index contributed by atoms with van der Waals surface area (Å²) in [4.78, 5) is 13.0. The molecule has 0 aliphatic rings. The van der Waals surface area contributed by atoms with Gasteiger partial charge in [0, 0.05) is 29.0 Å². The van der Waals surface area contributed by atoms with Crippen LogP contribution in [0.25, 0.3) is 5.69 Å². The van der Waals surface area contributed by atoms with E-state index in [9.17, 15) is 13.2 Å². The van der Waals surface area contributed by atoms with Gasteiger partial charge in [-0.3, -0.25) is 4.79 Å². The molecule has 2 aromatic carbocycles. The van der Waals surface area contributed by atoms with Crippen molar-refractivity contribution in [3.05, 3.63) is 71.5 Å². The van der Waals surface area contributed by atoms with Crippen molar-refractivity contribution in [1.29, 1.82) is 0 Å². The summed E-state index contributed by atoms with van der Waals surface area (Å²) in [6.45, 7) is 3.80. The number of nitrogens with one attached hydrogen (secondary N) is 1. The van der Waals surface area contributed by atoms with Crippen LogP contribution in [0.1, 0.15) is 21.7 Å². The highest BCUT2D eigenvalue weighted by molar-refractivity contribution is 7.90. The summed E-state index contributed by atoms with van der Waals surface area (Å²) in [6.07, 6.45) is 1.14. The Morgan fingerprint density at radius 3 is 2.32 bits per heavy atom. The monoisotopic (exact) mass is 398 g/mol. The second kappa shape index (κ2) is 7.52. The van der Waals surface area contributed by atoms with E-state index in [1.54, 1.807) is 19.2 Å². The third kappa shape index (κ3) is 3.94. The van der Waals surface area contributed by atoms with Crippen LogP contribution in [-0.4, -0.2) is 32.3 Å². The molecule has 1 heterocycles. The SMILES string of the molecule is COc1ccc(-n2c(C)cc(C(=O)Nc3cccc(S(C)(=O)=O)c3)c2C)cc1. The lowest BCUT2D eigenvalue weighted by Gasteiger charge is -2.11. The van der Waals surface area contributed by atoms with Crippen LogP contribution in [0.5, 0.6) is 5.75 Å².